The topological polar surface area (TPSA) is 67.8 Å². The average Bonchev–Trinajstić information content (AvgIpc) is 3.07. The third-order valence-corrected chi connectivity index (χ3v) is 9.02. The zero-order valence-corrected chi connectivity index (χ0v) is 16.2. The molecule has 5 heteroatoms. The lowest BCUT2D eigenvalue weighted by Crippen LogP contribution is -2.60. The Bertz CT molecular complexity index is 691. The van der Waals surface area contributed by atoms with Gasteiger partial charge in [-0.25, -0.2) is 0 Å². The van der Waals surface area contributed by atoms with Crippen molar-refractivity contribution < 1.29 is 19.4 Å². The van der Waals surface area contributed by atoms with Crippen molar-refractivity contribution in [3.63, 3.8) is 0 Å². The zero-order chi connectivity index (χ0) is 18.5. The number of aliphatic hydroxyl groups is 1. The summed E-state index contributed by atoms with van der Waals surface area (Å²) in [5.41, 5.74) is 0.663. The molecule has 0 spiro atoms. The van der Waals surface area contributed by atoms with Gasteiger partial charge < -0.3 is 19.9 Å². The molecule has 4 fully saturated rings. The summed E-state index contributed by atoms with van der Waals surface area (Å²) in [6.45, 7) is 7.34. The van der Waals surface area contributed by atoms with Crippen LogP contribution in [0.25, 0.3) is 0 Å². The lowest BCUT2D eigenvalue weighted by atomic mass is 9.44. The fourth-order valence-electron chi connectivity index (χ4n) is 7.47. The molecule has 2 saturated heterocycles. The highest BCUT2D eigenvalue weighted by atomic mass is 16.6. The molecule has 9 unspecified atom stereocenters. The summed E-state index contributed by atoms with van der Waals surface area (Å²) in [5, 5.41) is 14.1. The van der Waals surface area contributed by atoms with Crippen LogP contribution in [0.5, 0.6) is 0 Å². The molecule has 0 amide bonds. The summed E-state index contributed by atoms with van der Waals surface area (Å²) >= 11 is 0. The van der Waals surface area contributed by atoms with Crippen molar-refractivity contribution in [1.29, 1.82) is 0 Å². The van der Waals surface area contributed by atoms with Crippen molar-refractivity contribution in [3.05, 3.63) is 11.6 Å². The third kappa shape index (κ3) is 1.76. The van der Waals surface area contributed by atoms with Crippen LogP contribution in [0.15, 0.2) is 11.6 Å². The van der Waals surface area contributed by atoms with Crippen molar-refractivity contribution >= 4 is 5.97 Å². The third-order valence-electron chi connectivity index (χ3n) is 9.02. The second-order valence-electron chi connectivity index (χ2n) is 10.0. The maximum atomic E-state index is 12.8. The minimum atomic E-state index is -0.773. The van der Waals surface area contributed by atoms with Gasteiger partial charge in [-0.05, 0) is 62.6 Å². The molecule has 144 valence electrons. The molecular weight excluding hydrogens is 330 g/mol. The van der Waals surface area contributed by atoms with E-state index in [4.69, 9.17) is 9.47 Å². The normalized spacial score (nSPS) is 57.7. The van der Waals surface area contributed by atoms with Crippen LogP contribution >= 0.6 is 0 Å². The number of ether oxygens (including phenoxy) is 2. The second kappa shape index (κ2) is 5.12. The molecule has 5 rings (SSSR count). The zero-order valence-electron chi connectivity index (χ0n) is 16.2. The molecule has 2 N–H and O–H groups in total. The molecule has 0 aromatic heterocycles. The number of hydrogen-bond donors (Lipinski definition) is 2. The van der Waals surface area contributed by atoms with E-state index < -0.39 is 11.5 Å². The van der Waals surface area contributed by atoms with E-state index in [-0.39, 0.29) is 34.9 Å². The first kappa shape index (κ1) is 17.2. The highest BCUT2D eigenvalue weighted by Gasteiger charge is 2.70. The van der Waals surface area contributed by atoms with Crippen LogP contribution in [0.1, 0.15) is 46.5 Å². The lowest BCUT2D eigenvalue weighted by Gasteiger charge is -2.59. The van der Waals surface area contributed by atoms with Crippen LogP contribution in [-0.4, -0.2) is 49.1 Å². The molecule has 9 atom stereocenters. The van der Waals surface area contributed by atoms with Crippen LogP contribution in [0.2, 0.25) is 0 Å². The first-order valence-corrected chi connectivity index (χ1v) is 10.2. The first-order chi connectivity index (χ1) is 12.3. The van der Waals surface area contributed by atoms with Crippen LogP contribution in [-0.2, 0) is 14.3 Å². The number of fused-ring (bicyclic) bond motifs is 4. The summed E-state index contributed by atoms with van der Waals surface area (Å²) in [6.07, 6.45) is 5.37. The SMILES string of the molecule is CNC1COC2C3=CC4OC(=O)C5(C)C(O)CCC(C)(C3CCC12C)C45. The number of esters is 1. The monoisotopic (exact) mass is 361 g/mol. The number of likely N-dealkylation sites (N-methyl/N-ethyl adjacent to an activating group) is 1. The van der Waals surface area contributed by atoms with Gasteiger partial charge in [-0.1, -0.05) is 13.8 Å². The minimum Gasteiger partial charge on any atom is -0.457 e. The van der Waals surface area contributed by atoms with E-state index in [1.54, 1.807) is 0 Å². The largest absolute Gasteiger partial charge is 0.457 e. The van der Waals surface area contributed by atoms with E-state index in [0.29, 0.717) is 18.4 Å². The van der Waals surface area contributed by atoms with E-state index in [1.165, 1.54) is 5.57 Å². The Labute approximate surface area is 155 Å². The van der Waals surface area contributed by atoms with Gasteiger partial charge in [-0.3, -0.25) is 4.79 Å². The quantitative estimate of drug-likeness (QED) is 0.553. The van der Waals surface area contributed by atoms with Crippen molar-refractivity contribution in [2.75, 3.05) is 13.7 Å². The Hall–Kier alpha value is -0.910. The van der Waals surface area contributed by atoms with Crippen LogP contribution in [0, 0.1) is 28.1 Å². The van der Waals surface area contributed by atoms with Gasteiger partial charge in [-0.2, -0.15) is 0 Å². The van der Waals surface area contributed by atoms with Crippen molar-refractivity contribution in [3.8, 4) is 0 Å². The fourth-order valence-corrected chi connectivity index (χ4v) is 7.47. The van der Waals surface area contributed by atoms with Crippen LogP contribution in [0.4, 0.5) is 0 Å². The molecule has 2 aliphatic heterocycles. The Morgan fingerprint density at radius 2 is 1.92 bits per heavy atom. The van der Waals surface area contributed by atoms with E-state index in [0.717, 1.165) is 25.9 Å². The fraction of sp³-hybridized carbons (Fsp3) is 0.857. The summed E-state index contributed by atoms with van der Waals surface area (Å²) in [7, 11) is 2.02. The number of aliphatic hydroxyl groups excluding tert-OH is 1. The van der Waals surface area contributed by atoms with E-state index >= 15 is 0 Å². The number of carbonyl (C=O) groups is 1. The maximum absolute atomic E-state index is 12.8. The molecular formula is C21H31NO4. The summed E-state index contributed by atoms with van der Waals surface area (Å²) in [6, 6.07) is 0.365. The number of hydrogen-bond acceptors (Lipinski definition) is 5. The molecule has 2 saturated carbocycles. The molecule has 2 heterocycles. The molecule has 3 aliphatic carbocycles. The molecule has 0 aromatic rings. The first-order valence-electron chi connectivity index (χ1n) is 10.2. The summed E-state index contributed by atoms with van der Waals surface area (Å²) in [5.74, 6) is 0.259. The van der Waals surface area contributed by atoms with Crippen molar-refractivity contribution in [2.24, 2.45) is 28.1 Å². The Kier molecular flexibility index (Phi) is 3.39. The van der Waals surface area contributed by atoms with E-state index in [9.17, 15) is 9.90 Å². The second-order valence-corrected chi connectivity index (χ2v) is 10.0. The van der Waals surface area contributed by atoms with Gasteiger partial charge in [-0.15, -0.1) is 0 Å². The van der Waals surface area contributed by atoms with Gasteiger partial charge in [0.2, 0.25) is 0 Å². The summed E-state index contributed by atoms with van der Waals surface area (Å²) in [4.78, 5) is 12.8. The number of rotatable bonds is 1. The molecule has 0 aromatic carbocycles. The van der Waals surface area contributed by atoms with Crippen LogP contribution < -0.4 is 5.32 Å². The molecule has 0 radical (unpaired) electrons. The molecule has 5 nitrogen and oxygen atoms in total. The highest BCUT2D eigenvalue weighted by Crippen LogP contribution is 2.67. The summed E-state index contributed by atoms with van der Waals surface area (Å²) < 4.78 is 12.2. The minimum absolute atomic E-state index is 0.0166. The smallest absolute Gasteiger partial charge is 0.315 e. The van der Waals surface area contributed by atoms with Gasteiger partial charge in [0.25, 0.3) is 0 Å². The lowest BCUT2D eigenvalue weighted by molar-refractivity contribution is -0.159. The van der Waals surface area contributed by atoms with E-state index in [2.05, 4.69) is 25.2 Å². The number of carbonyl (C=O) groups excluding carboxylic acids is 1. The molecule has 0 bridgehead atoms. The maximum Gasteiger partial charge on any atom is 0.315 e. The van der Waals surface area contributed by atoms with Crippen molar-refractivity contribution in [2.45, 2.75) is 70.8 Å². The highest BCUT2D eigenvalue weighted by molar-refractivity contribution is 5.81. The van der Waals surface area contributed by atoms with Crippen molar-refractivity contribution in [1.82, 2.24) is 5.32 Å². The number of nitrogens with one attached hydrogen (secondary N) is 1. The predicted molar refractivity (Wildman–Crippen MR) is 96.3 cm³/mol. The van der Waals surface area contributed by atoms with E-state index in [1.807, 2.05) is 14.0 Å². The van der Waals surface area contributed by atoms with Gasteiger partial charge in [0.15, 0.2) is 0 Å². The standard InChI is InChI=1S/C21H31NO4/c1-19-8-6-15(23)21(3)16(19)13(26-18(21)24)9-11-12(19)5-7-20(2)14(22-4)10-25-17(11)20/h9,12-17,22-23H,5-8,10H2,1-4H3. The van der Waals surface area contributed by atoms with Gasteiger partial charge in [0.1, 0.15) is 6.10 Å². The molecule has 5 aliphatic rings. The Morgan fingerprint density at radius 3 is 2.65 bits per heavy atom. The Morgan fingerprint density at radius 1 is 1.19 bits per heavy atom. The van der Waals surface area contributed by atoms with Gasteiger partial charge in [0.05, 0.1) is 24.2 Å². The van der Waals surface area contributed by atoms with Crippen LogP contribution in [0.3, 0.4) is 0 Å². The Balaban J connectivity index is 1.62. The van der Waals surface area contributed by atoms with Gasteiger partial charge >= 0.3 is 5.97 Å². The van der Waals surface area contributed by atoms with Gasteiger partial charge in [0, 0.05) is 17.4 Å². The predicted octanol–water partition coefficient (Wildman–Crippen LogP) is 2.04. The average molecular weight is 361 g/mol. The molecule has 26 heavy (non-hydrogen) atoms.